The molecule has 0 aliphatic heterocycles. The lowest BCUT2D eigenvalue weighted by molar-refractivity contribution is -0.132. The summed E-state index contributed by atoms with van der Waals surface area (Å²) in [5, 5.41) is 0. The number of esters is 1. The van der Waals surface area contributed by atoms with Crippen LogP contribution in [0.4, 0.5) is 0 Å². The van der Waals surface area contributed by atoms with E-state index in [1.54, 1.807) is 18.3 Å². The molecule has 3 nitrogen and oxygen atoms in total. The second-order valence-corrected chi connectivity index (χ2v) is 2.50. The van der Waals surface area contributed by atoms with Gasteiger partial charge in [0, 0.05) is 25.1 Å². The number of halogens is 1. The van der Waals surface area contributed by atoms with Crippen LogP contribution in [0.1, 0.15) is 12.5 Å². The maximum atomic E-state index is 10.5. The first kappa shape index (κ1) is 9.00. The van der Waals surface area contributed by atoms with E-state index >= 15 is 0 Å². The lowest BCUT2D eigenvalue weighted by Crippen LogP contribution is -2.02. The van der Waals surface area contributed by atoms with Gasteiger partial charge in [-0.05, 0) is 11.6 Å². The zero-order chi connectivity index (χ0) is 8.97. The minimum absolute atomic E-state index is 0.292. The fraction of sp³-hybridized carbons (Fsp3) is 0.250. The predicted molar refractivity (Wildman–Crippen MR) is 45.1 cm³/mol. The van der Waals surface area contributed by atoms with Crippen LogP contribution in [0.2, 0.25) is 0 Å². The fourth-order valence-corrected chi connectivity index (χ4v) is 0.903. The molecular weight excluding hydrogens is 178 g/mol. The van der Waals surface area contributed by atoms with Gasteiger partial charge in [0.1, 0.15) is 0 Å². The Morgan fingerprint density at radius 1 is 1.75 bits per heavy atom. The van der Waals surface area contributed by atoms with Crippen LogP contribution < -0.4 is 4.74 Å². The maximum Gasteiger partial charge on any atom is 0.309 e. The Labute approximate surface area is 75.3 Å². The molecule has 0 radical (unpaired) electrons. The third kappa shape index (κ3) is 2.51. The molecule has 4 heteroatoms. The summed E-state index contributed by atoms with van der Waals surface area (Å²) in [7, 11) is 0. The molecule has 0 bridgehead atoms. The van der Waals surface area contributed by atoms with Gasteiger partial charge in [-0.25, -0.2) is 4.98 Å². The largest absolute Gasteiger partial charge is 0.408 e. The normalized spacial score (nSPS) is 9.50. The summed E-state index contributed by atoms with van der Waals surface area (Å²) in [5.74, 6) is 0.298. The third-order valence-electron chi connectivity index (χ3n) is 1.20. The first-order chi connectivity index (χ1) is 5.72. The summed E-state index contributed by atoms with van der Waals surface area (Å²) in [6.07, 6.45) is 1.55. The topological polar surface area (TPSA) is 39.2 Å². The second-order valence-electron chi connectivity index (χ2n) is 2.23. The number of nitrogens with zero attached hydrogens (tertiary/aromatic N) is 1. The van der Waals surface area contributed by atoms with Gasteiger partial charge < -0.3 is 4.74 Å². The van der Waals surface area contributed by atoms with Crippen LogP contribution >= 0.6 is 11.6 Å². The minimum Gasteiger partial charge on any atom is -0.408 e. The van der Waals surface area contributed by atoms with Crippen LogP contribution in [-0.4, -0.2) is 11.0 Å². The fourth-order valence-electron chi connectivity index (χ4n) is 0.737. The monoisotopic (exact) mass is 185 g/mol. The molecule has 0 spiro atoms. The number of ether oxygens (including phenoxy) is 1. The van der Waals surface area contributed by atoms with E-state index in [4.69, 9.17) is 16.3 Å². The lowest BCUT2D eigenvalue weighted by atomic mass is 10.3. The minimum atomic E-state index is -0.380. The zero-order valence-corrected chi connectivity index (χ0v) is 7.34. The molecule has 0 aromatic carbocycles. The zero-order valence-electron chi connectivity index (χ0n) is 6.58. The van der Waals surface area contributed by atoms with Gasteiger partial charge in [0.25, 0.3) is 0 Å². The van der Waals surface area contributed by atoms with Gasteiger partial charge in [-0.15, -0.1) is 11.6 Å². The molecule has 0 aliphatic rings. The van der Waals surface area contributed by atoms with E-state index in [0.717, 1.165) is 5.56 Å². The molecular formula is C8H8ClNO2. The Balaban J connectivity index is 2.79. The van der Waals surface area contributed by atoms with Crippen LogP contribution in [0, 0.1) is 0 Å². The summed E-state index contributed by atoms with van der Waals surface area (Å²) in [6.45, 7) is 1.33. The van der Waals surface area contributed by atoms with Crippen molar-refractivity contribution in [2.45, 2.75) is 12.8 Å². The van der Waals surface area contributed by atoms with Crippen molar-refractivity contribution in [2.75, 3.05) is 0 Å². The quantitative estimate of drug-likeness (QED) is 0.521. The molecule has 0 aliphatic carbocycles. The molecule has 0 fully saturated rings. The molecule has 0 amide bonds. The highest BCUT2D eigenvalue weighted by atomic mass is 35.5. The highest BCUT2D eigenvalue weighted by Crippen LogP contribution is 2.10. The summed E-state index contributed by atoms with van der Waals surface area (Å²) in [5.41, 5.74) is 0.878. The Hall–Kier alpha value is -1.09. The van der Waals surface area contributed by atoms with Gasteiger partial charge in [-0.3, -0.25) is 4.79 Å². The van der Waals surface area contributed by atoms with Crippen LogP contribution in [0.3, 0.4) is 0 Å². The molecule has 0 N–H and O–H groups in total. The number of aromatic nitrogens is 1. The first-order valence-electron chi connectivity index (χ1n) is 3.41. The molecule has 64 valence electrons. The summed E-state index contributed by atoms with van der Waals surface area (Å²) in [4.78, 5) is 14.3. The Bertz CT molecular complexity index is 288. The van der Waals surface area contributed by atoms with Crippen LogP contribution in [-0.2, 0) is 10.7 Å². The Kier molecular flexibility index (Phi) is 3.05. The van der Waals surface area contributed by atoms with Gasteiger partial charge in [0.15, 0.2) is 0 Å². The molecule has 0 saturated carbocycles. The van der Waals surface area contributed by atoms with Gasteiger partial charge in [0.05, 0.1) is 0 Å². The first-order valence-corrected chi connectivity index (χ1v) is 3.95. The van der Waals surface area contributed by atoms with E-state index in [1.165, 1.54) is 6.92 Å². The number of hydrogen-bond acceptors (Lipinski definition) is 3. The number of alkyl halides is 1. The van der Waals surface area contributed by atoms with Crippen molar-refractivity contribution in [3.05, 3.63) is 23.9 Å². The summed E-state index contributed by atoms with van der Waals surface area (Å²) < 4.78 is 4.75. The van der Waals surface area contributed by atoms with Crippen molar-refractivity contribution in [1.82, 2.24) is 4.98 Å². The lowest BCUT2D eigenvalue weighted by Gasteiger charge is -2.00. The predicted octanol–water partition coefficient (Wildman–Crippen LogP) is 1.75. The van der Waals surface area contributed by atoms with Crippen molar-refractivity contribution in [1.29, 1.82) is 0 Å². The van der Waals surface area contributed by atoms with Crippen molar-refractivity contribution in [2.24, 2.45) is 0 Å². The SMILES string of the molecule is CC(=O)Oc1cc(CCl)ccn1. The smallest absolute Gasteiger partial charge is 0.309 e. The average molecular weight is 186 g/mol. The molecule has 1 heterocycles. The van der Waals surface area contributed by atoms with Crippen LogP contribution in [0.25, 0.3) is 0 Å². The van der Waals surface area contributed by atoms with E-state index in [0.29, 0.717) is 11.8 Å². The molecule has 1 aromatic heterocycles. The molecule has 1 aromatic rings. The maximum absolute atomic E-state index is 10.5. The molecule has 0 atom stereocenters. The van der Waals surface area contributed by atoms with Crippen molar-refractivity contribution < 1.29 is 9.53 Å². The van der Waals surface area contributed by atoms with Crippen molar-refractivity contribution in [3.8, 4) is 5.88 Å². The number of pyridine rings is 1. The van der Waals surface area contributed by atoms with Gasteiger partial charge in [0.2, 0.25) is 5.88 Å². The van der Waals surface area contributed by atoms with Gasteiger partial charge in [-0.1, -0.05) is 0 Å². The number of carbonyl (C=O) groups excluding carboxylic acids is 1. The number of hydrogen-bond donors (Lipinski definition) is 0. The summed E-state index contributed by atoms with van der Waals surface area (Å²) >= 11 is 5.57. The van der Waals surface area contributed by atoms with Crippen molar-refractivity contribution in [3.63, 3.8) is 0 Å². The average Bonchev–Trinajstić information content (AvgIpc) is 2.03. The highest BCUT2D eigenvalue weighted by molar-refractivity contribution is 6.17. The molecule has 1 rings (SSSR count). The van der Waals surface area contributed by atoms with Gasteiger partial charge in [-0.2, -0.15) is 0 Å². The number of rotatable bonds is 2. The van der Waals surface area contributed by atoms with E-state index in [-0.39, 0.29) is 5.97 Å². The molecule has 0 unspecified atom stereocenters. The van der Waals surface area contributed by atoms with Crippen LogP contribution in [0.5, 0.6) is 5.88 Å². The van der Waals surface area contributed by atoms with Crippen molar-refractivity contribution >= 4 is 17.6 Å². The molecule has 0 saturated heterocycles. The Morgan fingerprint density at radius 2 is 2.50 bits per heavy atom. The number of carbonyl (C=O) groups is 1. The van der Waals surface area contributed by atoms with E-state index in [2.05, 4.69) is 4.98 Å². The highest BCUT2D eigenvalue weighted by Gasteiger charge is 1.99. The van der Waals surface area contributed by atoms with Gasteiger partial charge >= 0.3 is 5.97 Å². The Morgan fingerprint density at radius 3 is 3.08 bits per heavy atom. The standard InChI is InChI=1S/C8H8ClNO2/c1-6(11)12-8-4-7(5-9)2-3-10-8/h2-4H,5H2,1H3. The summed E-state index contributed by atoms with van der Waals surface area (Å²) in [6, 6.07) is 3.40. The third-order valence-corrected chi connectivity index (χ3v) is 1.51. The van der Waals surface area contributed by atoms with E-state index in [9.17, 15) is 4.79 Å². The van der Waals surface area contributed by atoms with E-state index in [1.807, 2.05) is 0 Å². The second kappa shape index (κ2) is 4.07. The van der Waals surface area contributed by atoms with Crippen LogP contribution in [0.15, 0.2) is 18.3 Å². The van der Waals surface area contributed by atoms with E-state index < -0.39 is 0 Å². The molecule has 12 heavy (non-hydrogen) atoms.